The van der Waals surface area contributed by atoms with Crippen molar-refractivity contribution in [2.45, 2.75) is 31.8 Å². The molecule has 0 radical (unpaired) electrons. The molecule has 4 heteroatoms. The van der Waals surface area contributed by atoms with Crippen LogP contribution in [0.2, 0.25) is 0 Å². The molecule has 0 aromatic heterocycles. The summed E-state index contributed by atoms with van der Waals surface area (Å²) in [4.78, 5) is 10.5. The zero-order chi connectivity index (χ0) is 9.19. The standard InChI is InChI=1S/C8H14O4/c1-8(2)11-5-7(12-8)6(4-9)10-3/h4,6-7H,5H2,1-3H3/t6-,7+/m1/s1. The van der Waals surface area contributed by atoms with E-state index in [0.29, 0.717) is 6.61 Å². The van der Waals surface area contributed by atoms with Crippen LogP contribution in [-0.4, -0.2) is 38.0 Å². The van der Waals surface area contributed by atoms with Gasteiger partial charge in [-0.1, -0.05) is 0 Å². The maximum atomic E-state index is 10.5. The molecule has 0 spiro atoms. The third kappa shape index (κ3) is 2.03. The fourth-order valence-corrected chi connectivity index (χ4v) is 1.17. The van der Waals surface area contributed by atoms with Gasteiger partial charge in [0.25, 0.3) is 0 Å². The Hall–Kier alpha value is -0.450. The molecular weight excluding hydrogens is 160 g/mol. The second-order valence-corrected chi connectivity index (χ2v) is 3.20. The van der Waals surface area contributed by atoms with Crippen molar-refractivity contribution in [1.29, 1.82) is 0 Å². The number of hydrogen-bond donors (Lipinski definition) is 0. The van der Waals surface area contributed by atoms with E-state index in [1.807, 2.05) is 13.8 Å². The van der Waals surface area contributed by atoms with E-state index in [4.69, 9.17) is 14.2 Å². The number of ether oxygens (including phenoxy) is 3. The molecule has 0 aromatic rings. The normalized spacial score (nSPS) is 30.1. The van der Waals surface area contributed by atoms with Crippen molar-refractivity contribution in [2.75, 3.05) is 13.7 Å². The van der Waals surface area contributed by atoms with Gasteiger partial charge in [-0.3, -0.25) is 0 Å². The highest BCUT2D eigenvalue weighted by molar-refractivity contribution is 5.57. The predicted octanol–water partition coefficient (Wildman–Crippen LogP) is 0.352. The van der Waals surface area contributed by atoms with Gasteiger partial charge in [0.15, 0.2) is 12.1 Å². The van der Waals surface area contributed by atoms with Crippen molar-refractivity contribution in [3.05, 3.63) is 0 Å². The van der Waals surface area contributed by atoms with Crippen LogP contribution in [0.25, 0.3) is 0 Å². The maximum absolute atomic E-state index is 10.5. The van der Waals surface area contributed by atoms with Gasteiger partial charge in [0.2, 0.25) is 0 Å². The second kappa shape index (κ2) is 3.51. The molecular formula is C8H14O4. The molecule has 0 unspecified atom stereocenters. The molecule has 0 saturated carbocycles. The highest BCUT2D eigenvalue weighted by Crippen LogP contribution is 2.24. The number of carbonyl (C=O) groups is 1. The van der Waals surface area contributed by atoms with Crippen LogP contribution in [0.1, 0.15) is 13.8 Å². The third-order valence-electron chi connectivity index (χ3n) is 1.80. The first-order chi connectivity index (χ1) is 5.59. The Balaban J connectivity index is 2.50. The monoisotopic (exact) mass is 174 g/mol. The molecule has 1 aliphatic heterocycles. The number of aldehydes is 1. The minimum atomic E-state index is -0.593. The first-order valence-electron chi connectivity index (χ1n) is 3.89. The lowest BCUT2D eigenvalue weighted by Gasteiger charge is -2.19. The predicted molar refractivity (Wildman–Crippen MR) is 41.8 cm³/mol. The lowest BCUT2D eigenvalue weighted by Crippen LogP contribution is -2.33. The zero-order valence-electron chi connectivity index (χ0n) is 7.57. The van der Waals surface area contributed by atoms with Crippen LogP contribution in [0.4, 0.5) is 0 Å². The van der Waals surface area contributed by atoms with Gasteiger partial charge in [-0.15, -0.1) is 0 Å². The van der Waals surface area contributed by atoms with E-state index in [1.165, 1.54) is 7.11 Å². The maximum Gasteiger partial charge on any atom is 0.163 e. The summed E-state index contributed by atoms with van der Waals surface area (Å²) in [6.45, 7) is 4.03. The Morgan fingerprint density at radius 3 is 2.67 bits per heavy atom. The molecule has 4 nitrogen and oxygen atoms in total. The minimum Gasteiger partial charge on any atom is -0.371 e. The van der Waals surface area contributed by atoms with E-state index in [9.17, 15) is 4.79 Å². The number of methoxy groups -OCH3 is 1. The number of carbonyl (C=O) groups excluding carboxylic acids is 1. The molecule has 0 amide bonds. The van der Waals surface area contributed by atoms with E-state index < -0.39 is 11.9 Å². The van der Waals surface area contributed by atoms with Crippen LogP contribution in [0.15, 0.2) is 0 Å². The summed E-state index contributed by atoms with van der Waals surface area (Å²) < 4.78 is 15.6. The van der Waals surface area contributed by atoms with Crippen molar-refractivity contribution in [2.24, 2.45) is 0 Å². The molecule has 12 heavy (non-hydrogen) atoms. The highest BCUT2D eigenvalue weighted by atomic mass is 16.7. The summed E-state index contributed by atoms with van der Waals surface area (Å²) in [6, 6.07) is 0. The van der Waals surface area contributed by atoms with Crippen molar-refractivity contribution < 1.29 is 19.0 Å². The van der Waals surface area contributed by atoms with Crippen molar-refractivity contribution in [3.8, 4) is 0 Å². The van der Waals surface area contributed by atoms with E-state index in [2.05, 4.69) is 0 Å². The van der Waals surface area contributed by atoms with Crippen molar-refractivity contribution in [1.82, 2.24) is 0 Å². The average molecular weight is 174 g/mol. The van der Waals surface area contributed by atoms with Gasteiger partial charge in [0, 0.05) is 7.11 Å². The summed E-state index contributed by atoms with van der Waals surface area (Å²) in [5, 5.41) is 0. The van der Waals surface area contributed by atoms with E-state index in [-0.39, 0.29) is 6.10 Å². The van der Waals surface area contributed by atoms with Crippen LogP contribution in [0.5, 0.6) is 0 Å². The fraction of sp³-hybridized carbons (Fsp3) is 0.875. The Kier molecular flexibility index (Phi) is 2.82. The zero-order valence-corrected chi connectivity index (χ0v) is 7.57. The van der Waals surface area contributed by atoms with Gasteiger partial charge >= 0.3 is 0 Å². The lowest BCUT2D eigenvalue weighted by molar-refractivity contribution is -0.156. The van der Waals surface area contributed by atoms with Crippen molar-refractivity contribution in [3.63, 3.8) is 0 Å². The number of rotatable bonds is 3. The quantitative estimate of drug-likeness (QED) is 0.579. The van der Waals surface area contributed by atoms with Crippen LogP contribution in [-0.2, 0) is 19.0 Å². The van der Waals surface area contributed by atoms with Crippen LogP contribution >= 0.6 is 0 Å². The SMILES string of the molecule is CO[C@H](C=O)[C@@H]1COC(C)(C)O1. The molecule has 1 heterocycles. The first kappa shape index (κ1) is 9.64. The Labute approximate surface area is 71.8 Å². The van der Waals surface area contributed by atoms with Gasteiger partial charge < -0.3 is 19.0 Å². The van der Waals surface area contributed by atoms with Gasteiger partial charge in [0.05, 0.1) is 6.61 Å². The van der Waals surface area contributed by atoms with E-state index in [0.717, 1.165) is 6.29 Å². The minimum absolute atomic E-state index is 0.275. The fourth-order valence-electron chi connectivity index (χ4n) is 1.17. The van der Waals surface area contributed by atoms with Gasteiger partial charge in [-0.25, -0.2) is 0 Å². The largest absolute Gasteiger partial charge is 0.371 e. The first-order valence-corrected chi connectivity index (χ1v) is 3.89. The molecule has 0 aromatic carbocycles. The molecule has 70 valence electrons. The smallest absolute Gasteiger partial charge is 0.163 e. The third-order valence-corrected chi connectivity index (χ3v) is 1.80. The molecule has 1 saturated heterocycles. The molecule has 1 fully saturated rings. The molecule has 2 atom stereocenters. The summed E-state index contributed by atoms with van der Waals surface area (Å²) in [6.07, 6.45) is -0.0654. The molecule has 0 bridgehead atoms. The molecule has 0 N–H and O–H groups in total. The summed E-state index contributed by atoms with van der Waals surface area (Å²) in [5.41, 5.74) is 0. The van der Waals surface area contributed by atoms with Gasteiger partial charge in [0.1, 0.15) is 12.2 Å². The second-order valence-electron chi connectivity index (χ2n) is 3.20. The Bertz CT molecular complexity index is 166. The summed E-state index contributed by atoms with van der Waals surface area (Å²) >= 11 is 0. The van der Waals surface area contributed by atoms with Crippen LogP contribution in [0, 0.1) is 0 Å². The van der Waals surface area contributed by atoms with Crippen molar-refractivity contribution >= 4 is 6.29 Å². The molecule has 0 aliphatic carbocycles. The van der Waals surface area contributed by atoms with Gasteiger partial charge in [-0.2, -0.15) is 0 Å². The van der Waals surface area contributed by atoms with Gasteiger partial charge in [-0.05, 0) is 13.8 Å². The van der Waals surface area contributed by atoms with Crippen LogP contribution in [0.3, 0.4) is 0 Å². The highest BCUT2D eigenvalue weighted by Gasteiger charge is 2.37. The van der Waals surface area contributed by atoms with E-state index in [1.54, 1.807) is 0 Å². The Morgan fingerprint density at radius 2 is 2.33 bits per heavy atom. The van der Waals surface area contributed by atoms with E-state index >= 15 is 0 Å². The summed E-state index contributed by atoms with van der Waals surface area (Å²) in [7, 11) is 1.48. The van der Waals surface area contributed by atoms with Crippen LogP contribution < -0.4 is 0 Å². The Morgan fingerprint density at radius 1 is 1.67 bits per heavy atom. The molecule has 1 aliphatic rings. The molecule has 1 rings (SSSR count). The summed E-state index contributed by atoms with van der Waals surface area (Å²) in [5.74, 6) is -0.593. The average Bonchev–Trinajstić information content (AvgIpc) is 2.34. The lowest BCUT2D eigenvalue weighted by atomic mass is 10.2. The number of hydrogen-bond acceptors (Lipinski definition) is 4. The topological polar surface area (TPSA) is 44.8 Å².